The van der Waals surface area contributed by atoms with E-state index in [2.05, 4.69) is 6.92 Å². The van der Waals surface area contributed by atoms with Crippen LogP contribution < -0.4 is 0 Å². The molecule has 0 aromatic heterocycles. The van der Waals surface area contributed by atoms with Crippen LogP contribution in [-0.2, 0) is 12.8 Å². The van der Waals surface area contributed by atoms with Crippen molar-refractivity contribution >= 4 is 6.08 Å². The van der Waals surface area contributed by atoms with Gasteiger partial charge in [-0.05, 0) is 79.0 Å². The molecular formula is C33H36F4. The van der Waals surface area contributed by atoms with Gasteiger partial charge in [0.25, 0.3) is 0 Å². The highest BCUT2D eigenvalue weighted by atomic mass is 19.2. The van der Waals surface area contributed by atoms with Gasteiger partial charge in [0, 0.05) is 11.1 Å². The summed E-state index contributed by atoms with van der Waals surface area (Å²) in [5.74, 6) is -2.94. The smallest absolute Gasteiger partial charge is 0.166 e. The topological polar surface area (TPSA) is 0 Å². The lowest BCUT2D eigenvalue weighted by Crippen LogP contribution is -2.13. The van der Waals surface area contributed by atoms with Crippen molar-refractivity contribution in [1.29, 1.82) is 0 Å². The van der Waals surface area contributed by atoms with Crippen molar-refractivity contribution in [2.24, 2.45) is 5.92 Å². The summed E-state index contributed by atoms with van der Waals surface area (Å²) in [6, 6.07) is 14.4. The molecule has 0 saturated heterocycles. The Hall–Kier alpha value is -2.88. The summed E-state index contributed by atoms with van der Waals surface area (Å²) in [6.45, 7) is 4.13. The van der Waals surface area contributed by atoms with Gasteiger partial charge in [0.05, 0.1) is 0 Å². The van der Waals surface area contributed by atoms with Gasteiger partial charge < -0.3 is 0 Å². The van der Waals surface area contributed by atoms with Crippen LogP contribution in [0.1, 0.15) is 87.0 Å². The number of halogens is 4. The predicted molar refractivity (Wildman–Crippen MR) is 144 cm³/mol. The van der Waals surface area contributed by atoms with Crippen LogP contribution in [0.3, 0.4) is 0 Å². The zero-order chi connectivity index (χ0) is 26.4. The molecule has 0 nitrogen and oxygen atoms in total. The SMILES string of the molecule is CCCCc1ccc(C=CC2CCC(c3ccc(-c4ccc(CCC)cc4)c(F)c3F)CC2)c(F)c1F. The van der Waals surface area contributed by atoms with Gasteiger partial charge in [-0.1, -0.05) is 87.4 Å². The first-order valence-corrected chi connectivity index (χ1v) is 13.6. The van der Waals surface area contributed by atoms with Crippen molar-refractivity contribution in [2.45, 2.75) is 77.6 Å². The fourth-order valence-corrected chi connectivity index (χ4v) is 5.40. The fraction of sp³-hybridized carbons (Fsp3) is 0.394. The number of allylic oxidation sites excluding steroid dienone is 1. The van der Waals surface area contributed by atoms with Crippen LogP contribution >= 0.6 is 0 Å². The van der Waals surface area contributed by atoms with E-state index in [4.69, 9.17) is 0 Å². The van der Waals surface area contributed by atoms with Gasteiger partial charge in [-0.15, -0.1) is 0 Å². The number of rotatable bonds is 9. The molecule has 1 aliphatic carbocycles. The highest BCUT2D eigenvalue weighted by Gasteiger charge is 2.26. The monoisotopic (exact) mass is 508 g/mol. The summed E-state index contributed by atoms with van der Waals surface area (Å²) in [6.07, 6.45) is 10.9. The molecule has 37 heavy (non-hydrogen) atoms. The van der Waals surface area contributed by atoms with Crippen molar-refractivity contribution in [3.8, 4) is 11.1 Å². The Bertz CT molecular complexity index is 1220. The second kappa shape index (κ2) is 12.6. The summed E-state index contributed by atoms with van der Waals surface area (Å²) < 4.78 is 59.1. The maximum atomic E-state index is 15.1. The zero-order valence-corrected chi connectivity index (χ0v) is 21.8. The van der Waals surface area contributed by atoms with E-state index in [-0.39, 0.29) is 23.0 Å². The van der Waals surface area contributed by atoms with Gasteiger partial charge in [-0.3, -0.25) is 0 Å². The Balaban J connectivity index is 1.40. The Morgan fingerprint density at radius 1 is 0.703 bits per heavy atom. The van der Waals surface area contributed by atoms with Crippen molar-refractivity contribution < 1.29 is 17.6 Å². The molecule has 0 N–H and O–H groups in total. The summed E-state index contributed by atoms with van der Waals surface area (Å²) in [4.78, 5) is 0. The molecule has 3 aromatic carbocycles. The lowest BCUT2D eigenvalue weighted by molar-refractivity contribution is 0.365. The van der Waals surface area contributed by atoms with Gasteiger partial charge >= 0.3 is 0 Å². The van der Waals surface area contributed by atoms with Gasteiger partial charge in [0.1, 0.15) is 0 Å². The van der Waals surface area contributed by atoms with Gasteiger partial charge in [-0.2, -0.15) is 0 Å². The van der Waals surface area contributed by atoms with Crippen molar-refractivity contribution in [3.05, 3.63) is 100 Å². The molecule has 1 fully saturated rings. The van der Waals surface area contributed by atoms with Crippen molar-refractivity contribution in [1.82, 2.24) is 0 Å². The first-order chi connectivity index (χ1) is 17.9. The van der Waals surface area contributed by atoms with Crippen LogP contribution in [0.15, 0.2) is 54.6 Å². The van der Waals surface area contributed by atoms with Crippen LogP contribution in [0.4, 0.5) is 17.6 Å². The van der Waals surface area contributed by atoms with E-state index in [0.717, 1.165) is 51.4 Å². The van der Waals surface area contributed by atoms with Crippen LogP contribution in [0.2, 0.25) is 0 Å². The van der Waals surface area contributed by atoms with E-state index in [0.29, 0.717) is 23.1 Å². The molecule has 0 unspecified atom stereocenters. The molecule has 196 valence electrons. The third-order valence-electron chi connectivity index (χ3n) is 7.67. The minimum atomic E-state index is -0.795. The highest BCUT2D eigenvalue weighted by molar-refractivity contribution is 5.65. The maximum absolute atomic E-state index is 15.1. The van der Waals surface area contributed by atoms with Crippen molar-refractivity contribution in [2.75, 3.05) is 0 Å². The Morgan fingerprint density at radius 2 is 1.43 bits per heavy atom. The summed E-state index contributed by atoms with van der Waals surface area (Å²) in [5, 5.41) is 0. The highest BCUT2D eigenvalue weighted by Crippen LogP contribution is 2.39. The van der Waals surface area contributed by atoms with E-state index >= 15 is 8.78 Å². The Morgan fingerprint density at radius 3 is 2.11 bits per heavy atom. The van der Waals surface area contributed by atoms with E-state index in [1.54, 1.807) is 30.3 Å². The number of unbranched alkanes of at least 4 members (excludes halogenated alkanes) is 1. The van der Waals surface area contributed by atoms with Gasteiger partial charge in [-0.25, -0.2) is 17.6 Å². The Kier molecular flexibility index (Phi) is 9.23. The standard InChI is InChI=1S/C33H36F4/c1-3-5-7-26-18-19-27(31(35)30(26)34)17-12-23-10-15-25(16-11-23)29-21-20-28(32(36)33(29)37)24-13-8-22(6-4-2)9-14-24/h8-9,12-14,17-21,23,25H,3-7,10-11,15-16H2,1-2H3. The number of benzene rings is 3. The molecule has 0 radical (unpaired) electrons. The maximum Gasteiger partial charge on any atom is 0.166 e. The normalized spacial score (nSPS) is 18.0. The molecular weight excluding hydrogens is 472 g/mol. The van der Waals surface area contributed by atoms with Crippen molar-refractivity contribution in [3.63, 3.8) is 0 Å². The third-order valence-corrected chi connectivity index (χ3v) is 7.67. The largest absolute Gasteiger partial charge is 0.203 e. The van der Waals surface area contributed by atoms with Crippen LogP contribution in [0, 0.1) is 29.2 Å². The molecule has 0 aliphatic heterocycles. The lowest BCUT2D eigenvalue weighted by Gasteiger charge is -2.27. The minimum Gasteiger partial charge on any atom is -0.203 e. The number of aryl methyl sites for hydroxylation is 2. The van der Waals surface area contributed by atoms with E-state index in [1.807, 2.05) is 37.3 Å². The van der Waals surface area contributed by atoms with Gasteiger partial charge in [0.2, 0.25) is 0 Å². The summed E-state index contributed by atoms with van der Waals surface area (Å²) in [5.41, 5.74) is 3.26. The van der Waals surface area contributed by atoms with E-state index in [9.17, 15) is 8.78 Å². The summed E-state index contributed by atoms with van der Waals surface area (Å²) >= 11 is 0. The average Bonchev–Trinajstić information content (AvgIpc) is 2.92. The molecule has 4 rings (SSSR count). The first kappa shape index (κ1) is 27.2. The van der Waals surface area contributed by atoms with Gasteiger partial charge in [0.15, 0.2) is 23.3 Å². The number of hydrogen-bond donors (Lipinski definition) is 0. The van der Waals surface area contributed by atoms with Crippen LogP contribution in [-0.4, -0.2) is 0 Å². The second-order valence-electron chi connectivity index (χ2n) is 10.3. The fourth-order valence-electron chi connectivity index (χ4n) is 5.40. The van der Waals surface area contributed by atoms with E-state index in [1.165, 1.54) is 5.56 Å². The number of hydrogen-bond acceptors (Lipinski definition) is 0. The average molecular weight is 509 g/mol. The van der Waals surface area contributed by atoms with Crippen LogP contribution in [0.25, 0.3) is 17.2 Å². The molecule has 0 atom stereocenters. The molecule has 0 amide bonds. The molecule has 3 aromatic rings. The zero-order valence-electron chi connectivity index (χ0n) is 21.8. The Labute approximate surface area is 218 Å². The quantitative estimate of drug-likeness (QED) is 0.252. The molecule has 1 saturated carbocycles. The van der Waals surface area contributed by atoms with Crippen LogP contribution in [0.5, 0.6) is 0 Å². The summed E-state index contributed by atoms with van der Waals surface area (Å²) in [7, 11) is 0. The molecule has 0 bridgehead atoms. The second-order valence-corrected chi connectivity index (χ2v) is 10.3. The molecule has 0 spiro atoms. The minimum absolute atomic E-state index is 0.0489. The molecule has 4 heteroatoms. The third kappa shape index (κ3) is 6.34. The molecule has 0 heterocycles. The lowest BCUT2D eigenvalue weighted by atomic mass is 9.78. The first-order valence-electron chi connectivity index (χ1n) is 13.6. The predicted octanol–water partition coefficient (Wildman–Crippen LogP) is 10.2. The van der Waals surface area contributed by atoms with E-state index < -0.39 is 23.3 Å². The molecule has 1 aliphatic rings.